The number of aromatic nitrogens is 4. The number of rotatable bonds is 1. The lowest BCUT2D eigenvalue weighted by atomic mass is 10.2. The second-order valence-corrected chi connectivity index (χ2v) is 5.87. The maximum Gasteiger partial charge on any atom is 0.229 e. The van der Waals surface area contributed by atoms with Gasteiger partial charge < -0.3 is 15.4 Å². The number of nitrogens with zero attached hydrogens (tertiary/aromatic N) is 5. The highest BCUT2D eigenvalue weighted by molar-refractivity contribution is 6.30. The highest BCUT2D eigenvalue weighted by atomic mass is 35.5. The van der Waals surface area contributed by atoms with Crippen LogP contribution in [0, 0.1) is 0 Å². The van der Waals surface area contributed by atoms with Crippen LogP contribution in [0.2, 0.25) is 5.02 Å². The maximum atomic E-state index is 6.10. The lowest BCUT2D eigenvalue weighted by Gasteiger charge is -2.20. The minimum atomic E-state index is 0.426. The van der Waals surface area contributed by atoms with Gasteiger partial charge in [-0.3, -0.25) is 4.68 Å². The van der Waals surface area contributed by atoms with Gasteiger partial charge in [0.05, 0.1) is 18.1 Å². The summed E-state index contributed by atoms with van der Waals surface area (Å²) in [5.41, 5.74) is 7.77. The number of anilines is 2. The lowest BCUT2D eigenvalue weighted by molar-refractivity contribution is 0.331. The van der Waals surface area contributed by atoms with Crippen LogP contribution >= 0.6 is 11.6 Å². The van der Waals surface area contributed by atoms with Gasteiger partial charge in [-0.25, -0.2) is 0 Å². The third kappa shape index (κ3) is 2.43. The summed E-state index contributed by atoms with van der Waals surface area (Å²) in [6.07, 6.45) is 1.68. The van der Waals surface area contributed by atoms with Crippen LogP contribution in [0.3, 0.4) is 0 Å². The molecule has 0 spiro atoms. The highest BCUT2D eigenvalue weighted by Gasteiger charge is 2.20. The Kier molecular flexibility index (Phi) is 3.23. The van der Waals surface area contributed by atoms with Gasteiger partial charge in [0, 0.05) is 24.2 Å². The number of hydrogen-bond donors (Lipinski definition) is 1. The summed E-state index contributed by atoms with van der Waals surface area (Å²) in [6, 6.07) is 5.62. The molecule has 0 amide bonds. The third-order valence-electron chi connectivity index (χ3n) is 3.90. The fourth-order valence-corrected chi connectivity index (χ4v) is 2.90. The molecule has 23 heavy (non-hydrogen) atoms. The highest BCUT2D eigenvalue weighted by Crippen LogP contribution is 2.28. The third-order valence-corrected chi connectivity index (χ3v) is 4.13. The fraction of sp³-hybridized carbons (Fsp3) is 0.267. The number of hydrogen-bond acceptors (Lipinski definition) is 6. The van der Waals surface area contributed by atoms with Crippen molar-refractivity contribution in [2.75, 3.05) is 23.8 Å². The Bertz CT molecular complexity index is 893. The van der Waals surface area contributed by atoms with Crippen molar-refractivity contribution < 1.29 is 4.74 Å². The smallest absolute Gasteiger partial charge is 0.229 e. The van der Waals surface area contributed by atoms with Gasteiger partial charge in [-0.15, -0.1) is 0 Å². The monoisotopic (exact) mass is 330 g/mol. The van der Waals surface area contributed by atoms with Crippen molar-refractivity contribution in [3.8, 4) is 5.75 Å². The summed E-state index contributed by atoms with van der Waals surface area (Å²) in [7, 11) is 1.83. The Morgan fingerprint density at radius 2 is 2.17 bits per heavy atom. The first-order valence-electron chi connectivity index (χ1n) is 7.23. The van der Waals surface area contributed by atoms with E-state index in [0.717, 1.165) is 16.7 Å². The molecule has 0 aliphatic carbocycles. The molecule has 0 saturated heterocycles. The Labute approximate surface area is 137 Å². The molecular formula is C15H15ClN6O. The minimum absolute atomic E-state index is 0.426. The molecule has 1 aromatic carbocycles. The molecule has 118 valence electrons. The molecule has 0 atom stereocenters. The van der Waals surface area contributed by atoms with Gasteiger partial charge in [-0.05, 0) is 18.2 Å². The lowest BCUT2D eigenvalue weighted by Crippen LogP contribution is -2.27. The van der Waals surface area contributed by atoms with E-state index in [9.17, 15) is 0 Å². The molecule has 2 N–H and O–H groups in total. The van der Waals surface area contributed by atoms with Crippen molar-refractivity contribution in [3.63, 3.8) is 0 Å². The predicted octanol–water partition coefficient (Wildman–Crippen LogP) is 2.00. The first-order valence-corrected chi connectivity index (χ1v) is 7.61. The van der Waals surface area contributed by atoms with Crippen molar-refractivity contribution >= 4 is 34.4 Å². The van der Waals surface area contributed by atoms with E-state index in [1.807, 2.05) is 30.1 Å². The van der Waals surface area contributed by atoms with E-state index < -0.39 is 0 Å². The molecule has 0 unspecified atom stereocenters. The summed E-state index contributed by atoms with van der Waals surface area (Å²) in [5.74, 6) is 1.83. The van der Waals surface area contributed by atoms with E-state index in [1.165, 1.54) is 0 Å². The first-order chi connectivity index (χ1) is 11.1. The normalized spacial score (nSPS) is 14.4. The Morgan fingerprint density at radius 3 is 3.04 bits per heavy atom. The van der Waals surface area contributed by atoms with Gasteiger partial charge >= 0.3 is 0 Å². The Morgan fingerprint density at radius 1 is 1.30 bits per heavy atom. The number of aryl methyl sites for hydroxylation is 1. The van der Waals surface area contributed by atoms with Crippen molar-refractivity contribution in [3.05, 3.63) is 35.0 Å². The van der Waals surface area contributed by atoms with Crippen molar-refractivity contribution in [2.24, 2.45) is 7.05 Å². The van der Waals surface area contributed by atoms with Gasteiger partial charge in [0.1, 0.15) is 18.2 Å². The molecule has 0 saturated carbocycles. The largest absolute Gasteiger partial charge is 0.491 e. The van der Waals surface area contributed by atoms with Gasteiger partial charge in [0.15, 0.2) is 5.65 Å². The average Bonchev–Trinajstić information content (AvgIpc) is 2.78. The number of fused-ring (bicyclic) bond motifs is 2. The van der Waals surface area contributed by atoms with Crippen molar-refractivity contribution in [2.45, 2.75) is 6.54 Å². The predicted molar refractivity (Wildman–Crippen MR) is 88.7 cm³/mol. The van der Waals surface area contributed by atoms with Gasteiger partial charge in [-0.2, -0.15) is 15.1 Å². The molecule has 4 rings (SSSR count). The molecule has 0 radical (unpaired) electrons. The Hall–Kier alpha value is -2.54. The van der Waals surface area contributed by atoms with E-state index in [1.54, 1.807) is 10.9 Å². The summed E-state index contributed by atoms with van der Waals surface area (Å²) in [5, 5.41) is 5.62. The summed E-state index contributed by atoms with van der Waals surface area (Å²) < 4.78 is 7.47. The second kappa shape index (κ2) is 5.27. The quantitative estimate of drug-likeness (QED) is 0.735. The summed E-state index contributed by atoms with van der Waals surface area (Å²) >= 11 is 6.10. The van der Waals surface area contributed by atoms with Crippen molar-refractivity contribution in [1.82, 2.24) is 19.7 Å². The second-order valence-electron chi connectivity index (χ2n) is 5.44. The molecule has 7 nitrogen and oxygen atoms in total. The average molecular weight is 331 g/mol. The SMILES string of the molecule is Cn1ncc2c(N)nc(N3CCOc4ccc(Cl)cc4C3)nc21. The van der Waals surface area contributed by atoms with Crippen LogP contribution in [0.4, 0.5) is 11.8 Å². The van der Waals surface area contributed by atoms with Crippen LogP contribution in [0.25, 0.3) is 11.0 Å². The van der Waals surface area contributed by atoms with Crippen LogP contribution in [0.1, 0.15) is 5.56 Å². The van der Waals surface area contributed by atoms with E-state index in [-0.39, 0.29) is 0 Å². The first kappa shape index (κ1) is 14.1. The standard InChI is InChI=1S/C15H15ClN6O/c1-21-14-11(7-18-21)13(17)19-15(20-14)22-4-5-23-12-3-2-10(16)6-9(12)8-22/h2-3,6-7H,4-5,8H2,1H3,(H2,17,19,20). The van der Waals surface area contributed by atoms with Crippen LogP contribution in [0.5, 0.6) is 5.75 Å². The van der Waals surface area contributed by atoms with Gasteiger partial charge in [-0.1, -0.05) is 11.6 Å². The summed E-state index contributed by atoms with van der Waals surface area (Å²) in [4.78, 5) is 11.1. The molecular weight excluding hydrogens is 316 g/mol. The maximum absolute atomic E-state index is 6.10. The van der Waals surface area contributed by atoms with E-state index >= 15 is 0 Å². The molecule has 0 bridgehead atoms. The van der Waals surface area contributed by atoms with Crippen LogP contribution in [-0.2, 0) is 13.6 Å². The molecule has 1 aliphatic heterocycles. The zero-order chi connectivity index (χ0) is 16.0. The molecule has 3 aromatic rings. The molecule has 2 aromatic heterocycles. The number of ether oxygens (including phenoxy) is 1. The van der Waals surface area contributed by atoms with E-state index in [0.29, 0.717) is 42.1 Å². The van der Waals surface area contributed by atoms with E-state index in [4.69, 9.17) is 22.1 Å². The molecule has 1 aliphatic rings. The number of benzene rings is 1. The van der Waals surface area contributed by atoms with Crippen molar-refractivity contribution in [1.29, 1.82) is 0 Å². The van der Waals surface area contributed by atoms with Crippen LogP contribution in [-0.4, -0.2) is 32.9 Å². The fourth-order valence-electron chi connectivity index (χ4n) is 2.71. The number of nitrogens with two attached hydrogens (primary N) is 1. The minimum Gasteiger partial charge on any atom is -0.491 e. The topological polar surface area (TPSA) is 82.1 Å². The zero-order valence-corrected chi connectivity index (χ0v) is 13.3. The molecule has 3 heterocycles. The van der Waals surface area contributed by atoms with Gasteiger partial charge in [0.2, 0.25) is 5.95 Å². The van der Waals surface area contributed by atoms with E-state index in [2.05, 4.69) is 15.1 Å². The van der Waals surface area contributed by atoms with Gasteiger partial charge in [0.25, 0.3) is 0 Å². The number of halogens is 1. The number of nitrogen functional groups attached to an aromatic ring is 1. The Balaban J connectivity index is 1.77. The van der Waals surface area contributed by atoms with Crippen LogP contribution < -0.4 is 15.4 Å². The summed E-state index contributed by atoms with van der Waals surface area (Å²) in [6.45, 7) is 1.81. The zero-order valence-electron chi connectivity index (χ0n) is 12.5. The van der Waals surface area contributed by atoms with Crippen LogP contribution in [0.15, 0.2) is 24.4 Å². The molecule has 0 fully saturated rings. The molecule has 8 heteroatoms.